The van der Waals surface area contributed by atoms with Crippen LogP contribution in [0.15, 0.2) is 24.3 Å². The third-order valence-electron chi connectivity index (χ3n) is 5.29. The maximum Gasteiger partial charge on any atom is 0.171 e. The fourth-order valence-corrected chi connectivity index (χ4v) is 3.55. The summed E-state index contributed by atoms with van der Waals surface area (Å²) in [5.74, 6) is 0. The van der Waals surface area contributed by atoms with E-state index >= 15 is 0 Å². The van der Waals surface area contributed by atoms with Crippen LogP contribution in [0.5, 0.6) is 0 Å². The van der Waals surface area contributed by atoms with Crippen molar-refractivity contribution < 1.29 is 0 Å². The van der Waals surface area contributed by atoms with Gasteiger partial charge in [-0.05, 0) is 58.0 Å². The van der Waals surface area contributed by atoms with Crippen LogP contribution in [0.25, 0.3) is 0 Å². The van der Waals surface area contributed by atoms with E-state index in [1.165, 1.54) is 16.7 Å². The molecule has 2 heterocycles. The molecule has 2 aromatic heterocycles. The van der Waals surface area contributed by atoms with Crippen LogP contribution in [0.2, 0.25) is 0 Å². The summed E-state index contributed by atoms with van der Waals surface area (Å²) in [5, 5.41) is 16.4. The maximum atomic E-state index is 5.52. The molecule has 0 amide bonds. The van der Waals surface area contributed by atoms with Gasteiger partial charge in [0.2, 0.25) is 0 Å². The lowest BCUT2D eigenvalue weighted by Crippen LogP contribution is -2.28. The zero-order valence-electron chi connectivity index (χ0n) is 17.4. The van der Waals surface area contributed by atoms with Gasteiger partial charge in [0.15, 0.2) is 5.11 Å². The van der Waals surface area contributed by atoms with Gasteiger partial charge in [0.1, 0.15) is 0 Å². The van der Waals surface area contributed by atoms with Gasteiger partial charge in [0, 0.05) is 24.8 Å². The van der Waals surface area contributed by atoms with Crippen molar-refractivity contribution in [1.82, 2.24) is 24.9 Å². The Morgan fingerprint density at radius 1 is 1.00 bits per heavy atom. The number of aromatic nitrogens is 4. The quantitative estimate of drug-likeness (QED) is 0.644. The number of hydrogen-bond donors (Lipinski definition) is 2. The largest absolute Gasteiger partial charge is 0.358 e. The van der Waals surface area contributed by atoms with Crippen LogP contribution in [0.1, 0.15) is 39.5 Å². The van der Waals surface area contributed by atoms with Gasteiger partial charge in [-0.3, -0.25) is 9.36 Å². The van der Waals surface area contributed by atoms with Gasteiger partial charge >= 0.3 is 0 Å². The zero-order chi connectivity index (χ0) is 20.4. The Morgan fingerprint density at radius 3 is 2.36 bits per heavy atom. The van der Waals surface area contributed by atoms with E-state index < -0.39 is 0 Å². The van der Waals surface area contributed by atoms with E-state index in [0.29, 0.717) is 11.7 Å². The van der Waals surface area contributed by atoms with Crippen LogP contribution in [0.4, 0.5) is 5.69 Å². The van der Waals surface area contributed by atoms with Crippen LogP contribution in [-0.2, 0) is 20.1 Å². The predicted octanol–water partition coefficient (Wildman–Crippen LogP) is 3.69. The SMILES string of the molecule is Cc1ccccc1Cn1nc(C)c(NC(=S)NCc2c(C)nn(C)c2C)c1C. The van der Waals surface area contributed by atoms with Gasteiger partial charge in [-0.2, -0.15) is 10.2 Å². The average Bonchev–Trinajstić information content (AvgIpc) is 3.04. The minimum atomic E-state index is 0.587. The fourth-order valence-electron chi connectivity index (χ4n) is 3.38. The van der Waals surface area contributed by atoms with Crippen molar-refractivity contribution in [3.8, 4) is 0 Å². The molecule has 1 aromatic carbocycles. The topological polar surface area (TPSA) is 59.7 Å². The van der Waals surface area contributed by atoms with Crippen LogP contribution >= 0.6 is 12.2 Å². The highest BCUT2D eigenvalue weighted by Crippen LogP contribution is 2.21. The Hall–Kier alpha value is -2.67. The highest BCUT2D eigenvalue weighted by molar-refractivity contribution is 7.80. The molecule has 148 valence electrons. The summed E-state index contributed by atoms with van der Waals surface area (Å²) in [6.07, 6.45) is 0. The number of benzene rings is 1. The molecule has 0 aliphatic carbocycles. The van der Waals surface area contributed by atoms with Crippen LogP contribution in [0.3, 0.4) is 0 Å². The lowest BCUT2D eigenvalue weighted by atomic mass is 10.1. The monoisotopic (exact) mass is 396 g/mol. The fraction of sp³-hybridized carbons (Fsp3) is 0.381. The normalized spacial score (nSPS) is 10.9. The third-order valence-corrected chi connectivity index (χ3v) is 5.53. The minimum Gasteiger partial charge on any atom is -0.358 e. The second-order valence-corrected chi connectivity index (χ2v) is 7.62. The Bertz CT molecular complexity index is 1010. The van der Waals surface area contributed by atoms with E-state index in [-0.39, 0.29) is 0 Å². The van der Waals surface area contributed by atoms with Crippen molar-refractivity contribution in [3.05, 3.63) is 63.7 Å². The van der Waals surface area contributed by atoms with Crippen molar-refractivity contribution in [3.63, 3.8) is 0 Å². The molecule has 0 radical (unpaired) electrons. The van der Waals surface area contributed by atoms with Crippen LogP contribution < -0.4 is 10.6 Å². The predicted molar refractivity (Wildman–Crippen MR) is 118 cm³/mol. The zero-order valence-corrected chi connectivity index (χ0v) is 18.2. The molecule has 6 nitrogen and oxygen atoms in total. The van der Waals surface area contributed by atoms with E-state index in [2.05, 4.69) is 60.8 Å². The molecule has 3 aromatic rings. The summed E-state index contributed by atoms with van der Waals surface area (Å²) < 4.78 is 3.92. The minimum absolute atomic E-state index is 0.587. The summed E-state index contributed by atoms with van der Waals surface area (Å²) in [5.41, 5.74) is 8.84. The van der Waals surface area contributed by atoms with Gasteiger partial charge in [-0.1, -0.05) is 24.3 Å². The van der Waals surface area contributed by atoms with Crippen molar-refractivity contribution in [1.29, 1.82) is 0 Å². The molecular weight excluding hydrogens is 368 g/mol. The van der Waals surface area contributed by atoms with Gasteiger partial charge in [-0.25, -0.2) is 0 Å². The molecular formula is C21H28N6S. The van der Waals surface area contributed by atoms with Crippen molar-refractivity contribution in [2.45, 2.75) is 47.7 Å². The molecule has 28 heavy (non-hydrogen) atoms. The summed E-state index contributed by atoms with van der Waals surface area (Å²) in [6.45, 7) is 11.7. The number of thiocarbonyl (C=S) groups is 1. The molecule has 0 spiro atoms. The van der Waals surface area contributed by atoms with Gasteiger partial charge in [-0.15, -0.1) is 0 Å². The Balaban J connectivity index is 1.69. The molecule has 0 aliphatic heterocycles. The molecule has 0 unspecified atom stereocenters. The third kappa shape index (κ3) is 4.09. The first kappa shape index (κ1) is 20.1. The molecule has 2 N–H and O–H groups in total. The standard InChI is InChI=1S/C21H28N6S/c1-13-9-7-8-10-18(13)12-27-17(5)20(15(3)25-27)23-21(28)22-11-19-14(2)24-26(6)16(19)4/h7-10H,11-12H2,1-6H3,(H2,22,23,28). The summed E-state index contributed by atoms with van der Waals surface area (Å²) in [4.78, 5) is 0. The van der Waals surface area contributed by atoms with Gasteiger partial charge in [0.25, 0.3) is 0 Å². The lowest BCUT2D eigenvalue weighted by molar-refractivity contribution is 0.657. The molecule has 3 rings (SSSR count). The van der Waals surface area contributed by atoms with Crippen molar-refractivity contribution in [2.75, 3.05) is 5.32 Å². The van der Waals surface area contributed by atoms with Crippen LogP contribution in [0, 0.1) is 34.6 Å². The maximum absolute atomic E-state index is 5.52. The van der Waals surface area contributed by atoms with Crippen molar-refractivity contribution >= 4 is 23.0 Å². The average molecular weight is 397 g/mol. The van der Waals surface area contributed by atoms with E-state index in [4.69, 9.17) is 17.3 Å². The number of rotatable bonds is 5. The van der Waals surface area contributed by atoms with E-state index in [1.54, 1.807) is 0 Å². The first-order chi connectivity index (χ1) is 13.3. The first-order valence-corrected chi connectivity index (χ1v) is 9.81. The smallest absolute Gasteiger partial charge is 0.171 e. The first-order valence-electron chi connectivity index (χ1n) is 9.40. The van der Waals surface area contributed by atoms with Crippen molar-refractivity contribution in [2.24, 2.45) is 7.05 Å². The lowest BCUT2D eigenvalue weighted by Gasteiger charge is -2.12. The second kappa shape index (κ2) is 8.14. The number of hydrogen-bond acceptors (Lipinski definition) is 3. The Labute approximate surface area is 172 Å². The van der Waals surface area contributed by atoms with Gasteiger partial charge < -0.3 is 10.6 Å². The molecule has 0 saturated carbocycles. The summed E-state index contributed by atoms with van der Waals surface area (Å²) in [7, 11) is 1.96. The molecule has 7 heteroatoms. The number of nitrogens with zero attached hydrogens (tertiary/aromatic N) is 4. The number of nitrogens with one attached hydrogen (secondary N) is 2. The van der Waals surface area contributed by atoms with Gasteiger partial charge in [0.05, 0.1) is 29.3 Å². The summed E-state index contributed by atoms with van der Waals surface area (Å²) >= 11 is 5.52. The molecule has 0 bridgehead atoms. The van der Waals surface area contributed by atoms with E-state index in [9.17, 15) is 0 Å². The molecule has 0 fully saturated rings. The van der Waals surface area contributed by atoms with Crippen LogP contribution in [-0.4, -0.2) is 24.7 Å². The number of anilines is 1. The Morgan fingerprint density at radius 2 is 1.71 bits per heavy atom. The second-order valence-electron chi connectivity index (χ2n) is 7.21. The highest BCUT2D eigenvalue weighted by Gasteiger charge is 2.14. The van der Waals surface area contributed by atoms with E-state index in [0.717, 1.165) is 35.0 Å². The Kier molecular flexibility index (Phi) is 5.84. The molecule has 0 aliphatic rings. The number of aryl methyl sites for hydroxylation is 4. The van der Waals surface area contributed by atoms with E-state index in [1.807, 2.05) is 30.3 Å². The molecule has 0 atom stereocenters. The highest BCUT2D eigenvalue weighted by atomic mass is 32.1. The summed E-state index contributed by atoms with van der Waals surface area (Å²) in [6, 6.07) is 8.39. The molecule has 0 saturated heterocycles.